The third-order valence-corrected chi connectivity index (χ3v) is 4.60. The lowest BCUT2D eigenvalue weighted by Crippen LogP contribution is -2.19. The number of carboxylic acid groups (broad SMARTS) is 1. The van der Waals surface area contributed by atoms with Gasteiger partial charge in [-0.15, -0.1) is 0 Å². The molecule has 0 N–H and O–H groups in total. The summed E-state index contributed by atoms with van der Waals surface area (Å²) in [7, 11) is 0. The monoisotopic (exact) mass is 283 g/mol. The Morgan fingerprint density at radius 1 is 1.42 bits per heavy atom. The van der Waals surface area contributed by atoms with Gasteiger partial charge in [0.2, 0.25) is 0 Å². The van der Waals surface area contributed by atoms with Crippen LogP contribution in [-0.2, 0) is 4.79 Å². The van der Waals surface area contributed by atoms with Crippen molar-refractivity contribution in [1.29, 1.82) is 0 Å². The van der Waals surface area contributed by atoms with Gasteiger partial charge in [0.25, 0.3) is 0 Å². The highest BCUT2D eigenvalue weighted by Gasteiger charge is 2.15. The molecule has 0 aromatic heterocycles. The predicted molar refractivity (Wildman–Crippen MR) is 83.1 cm³/mol. The number of carbonyl (C=O) groups excluding carboxylic acids is 1. The number of carboxylic acids is 1. The summed E-state index contributed by atoms with van der Waals surface area (Å²) in [5.41, 5.74) is 0.732. The number of hydrogen-bond donors (Lipinski definition) is 0. The predicted octanol–water partition coefficient (Wildman–Crippen LogP) is 3.58. The zero-order valence-electron chi connectivity index (χ0n) is 12.9. The number of hydrogen-bond acceptors (Lipinski definition) is 3. The molecule has 0 radical (unpaired) electrons. The van der Waals surface area contributed by atoms with Gasteiger partial charge in [-0.1, -0.05) is 45.8 Å². The van der Waals surface area contributed by atoms with Crippen molar-refractivity contribution < 1.29 is 9.90 Å². The SMILES string of the molecule is CSC(C)(C)CCCC(C)C/C=C/C(C)=C/C(=O)[O-]. The molecule has 0 saturated heterocycles. The molecule has 0 saturated carbocycles. The molecule has 0 aliphatic carbocycles. The molecule has 0 aliphatic rings. The lowest BCUT2D eigenvalue weighted by Gasteiger charge is -2.22. The first-order chi connectivity index (χ1) is 8.76. The molecule has 110 valence electrons. The summed E-state index contributed by atoms with van der Waals surface area (Å²) < 4.78 is 0.378. The summed E-state index contributed by atoms with van der Waals surface area (Å²) >= 11 is 1.92. The number of aliphatic carboxylic acids is 1. The van der Waals surface area contributed by atoms with E-state index in [2.05, 4.69) is 33.1 Å². The maximum atomic E-state index is 10.3. The van der Waals surface area contributed by atoms with Crippen molar-refractivity contribution in [2.24, 2.45) is 5.92 Å². The molecule has 0 amide bonds. The van der Waals surface area contributed by atoms with E-state index in [0.717, 1.165) is 18.1 Å². The van der Waals surface area contributed by atoms with Crippen LogP contribution in [0.5, 0.6) is 0 Å². The third-order valence-electron chi connectivity index (χ3n) is 3.29. The van der Waals surface area contributed by atoms with Crippen LogP contribution >= 0.6 is 11.8 Å². The van der Waals surface area contributed by atoms with E-state index in [9.17, 15) is 9.90 Å². The molecule has 1 atom stereocenters. The number of thioether (sulfide) groups is 1. The van der Waals surface area contributed by atoms with Crippen LogP contribution in [0.3, 0.4) is 0 Å². The Kier molecular flexibility index (Phi) is 8.90. The second-order valence-corrected chi connectivity index (χ2v) is 7.32. The Morgan fingerprint density at radius 3 is 2.58 bits per heavy atom. The average molecular weight is 283 g/mol. The van der Waals surface area contributed by atoms with Crippen LogP contribution in [0.25, 0.3) is 0 Å². The molecule has 0 aromatic rings. The Balaban J connectivity index is 3.91. The van der Waals surface area contributed by atoms with Crippen LogP contribution in [-0.4, -0.2) is 17.0 Å². The molecule has 19 heavy (non-hydrogen) atoms. The molecule has 0 bridgehead atoms. The van der Waals surface area contributed by atoms with Crippen LogP contribution in [0, 0.1) is 5.92 Å². The average Bonchev–Trinajstić information content (AvgIpc) is 2.27. The van der Waals surface area contributed by atoms with E-state index in [0.29, 0.717) is 10.7 Å². The minimum atomic E-state index is -1.13. The van der Waals surface area contributed by atoms with Gasteiger partial charge in [-0.25, -0.2) is 0 Å². The van der Waals surface area contributed by atoms with E-state index in [1.54, 1.807) is 6.92 Å². The fourth-order valence-electron chi connectivity index (χ4n) is 1.82. The second-order valence-electron chi connectivity index (χ2n) is 5.81. The summed E-state index contributed by atoms with van der Waals surface area (Å²) in [5.74, 6) is -0.487. The van der Waals surface area contributed by atoms with Crippen LogP contribution in [0.15, 0.2) is 23.8 Å². The van der Waals surface area contributed by atoms with Gasteiger partial charge >= 0.3 is 0 Å². The van der Waals surface area contributed by atoms with Crippen LogP contribution < -0.4 is 5.11 Å². The molecule has 0 heterocycles. The molecule has 0 rings (SSSR count). The van der Waals surface area contributed by atoms with Crippen molar-refractivity contribution >= 4 is 17.7 Å². The normalized spacial score (nSPS) is 14.9. The summed E-state index contributed by atoms with van der Waals surface area (Å²) in [6, 6.07) is 0. The maximum Gasteiger partial charge on any atom is 0.0645 e. The van der Waals surface area contributed by atoms with Gasteiger partial charge in [0.1, 0.15) is 0 Å². The van der Waals surface area contributed by atoms with Crippen LogP contribution in [0.4, 0.5) is 0 Å². The highest BCUT2D eigenvalue weighted by Crippen LogP contribution is 2.28. The van der Waals surface area contributed by atoms with E-state index in [1.165, 1.54) is 19.3 Å². The standard InChI is InChI=1S/C16H28O2S/c1-13(10-7-11-16(3,4)19-5)8-6-9-14(2)12-15(17)18/h6,9,12-13H,7-8,10-11H2,1-5H3,(H,17,18)/p-1/b9-6+,14-12+. The molecule has 2 nitrogen and oxygen atoms in total. The van der Waals surface area contributed by atoms with Crippen molar-refractivity contribution in [2.75, 3.05) is 6.26 Å². The van der Waals surface area contributed by atoms with Crippen molar-refractivity contribution in [3.63, 3.8) is 0 Å². The van der Waals surface area contributed by atoms with E-state index in [1.807, 2.05) is 17.8 Å². The minimum absolute atomic E-state index is 0.378. The van der Waals surface area contributed by atoms with Gasteiger partial charge in [-0.05, 0) is 43.6 Å². The highest BCUT2D eigenvalue weighted by molar-refractivity contribution is 7.99. The molecule has 1 unspecified atom stereocenters. The lowest BCUT2D eigenvalue weighted by atomic mass is 9.96. The van der Waals surface area contributed by atoms with Crippen molar-refractivity contribution in [1.82, 2.24) is 0 Å². The van der Waals surface area contributed by atoms with Crippen LogP contribution in [0.2, 0.25) is 0 Å². The van der Waals surface area contributed by atoms with E-state index in [4.69, 9.17) is 0 Å². The Labute approximate surface area is 122 Å². The molecule has 0 aromatic carbocycles. The zero-order valence-corrected chi connectivity index (χ0v) is 13.7. The third kappa shape index (κ3) is 10.9. The first-order valence-corrected chi connectivity index (χ1v) is 8.10. The quantitative estimate of drug-likeness (QED) is 0.480. The molecule has 0 aliphatic heterocycles. The fraction of sp³-hybridized carbons (Fsp3) is 0.688. The van der Waals surface area contributed by atoms with Gasteiger partial charge < -0.3 is 9.90 Å². The molecule has 3 heteroatoms. The topological polar surface area (TPSA) is 40.1 Å². The maximum absolute atomic E-state index is 10.3. The number of carbonyl (C=O) groups is 1. The van der Waals surface area contributed by atoms with E-state index >= 15 is 0 Å². The summed E-state index contributed by atoms with van der Waals surface area (Å²) in [4.78, 5) is 10.3. The highest BCUT2D eigenvalue weighted by atomic mass is 32.2. The zero-order chi connectivity index (χ0) is 14.9. The van der Waals surface area contributed by atoms with E-state index in [-0.39, 0.29) is 0 Å². The smallest absolute Gasteiger partial charge is 0.0645 e. The van der Waals surface area contributed by atoms with E-state index < -0.39 is 5.97 Å². The van der Waals surface area contributed by atoms with Gasteiger partial charge in [-0.2, -0.15) is 11.8 Å². The molecule has 0 fully saturated rings. The number of allylic oxidation sites excluding steroid dienone is 3. The van der Waals surface area contributed by atoms with Crippen LogP contribution in [0.1, 0.15) is 53.4 Å². The van der Waals surface area contributed by atoms with Crippen molar-refractivity contribution in [3.8, 4) is 0 Å². The minimum Gasteiger partial charge on any atom is -0.545 e. The molecular weight excluding hydrogens is 256 g/mol. The first kappa shape index (κ1) is 18.3. The fourth-order valence-corrected chi connectivity index (χ4v) is 2.16. The summed E-state index contributed by atoms with van der Waals surface area (Å²) in [6.07, 6.45) is 11.9. The lowest BCUT2D eigenvalue weighted by molar-refractivity contribution is -0.297. The van der Waals surface area contributed by atoms with Gasteiger partial charge in [0.15, 0.2) is 0 Å². The first-order valence-electron chi connectivity index (χ1n) is 6.88. The van der Waals surface area contributed by atoms with Crippen molar-refractivity contribution in [2.45, 2.75) is 58.1 Å². The molecule has 0 spiro atoms. The van der Waals surface area contributed by atoms with Gasteiger partial charge in [-0.3, -0.25) is 0 Å². The van der Waals surface area contributed by atoms with Gasteiger partial charge in [0, 0.05) is 4.75 Å². The summed E-state index contributed by atoms with van der Waals surface area (Å²) in [5, 5.41) is 10.3. The van der Waals surface area contributed by atoms with Gasteiger partial charge in [0.05, 0.1) is 5.97 Å². The summed E-state index contributed by atoms with van der Waals surface area (Å²) in [6.45, 7) is 8.60. The Bertz CT molecular complexity index is 330. The second kappa shape index (κ2) is 9.24. The largest absolute Gasteiger partial charge is 0.545 e. The Morgan fingerprint density at radius 2 is 2.05 bits per heavy atom. The molecular formula is C16H27O2S-. The number of rotatable bonds is 9. The van der Waals surface area contributed by atoms with Crippen molar-refractivity contribution in [3.05, 3.63) is 23.8 Å². The Hall–Kier alpha value is -0.700.